The number of hydrogen-bond acceptors (Lipinski definition) is 7. The first kappa shape index (κ1) is 28.1. The Hall–Kier alpha value is -4.50. The lowest BCUT2D eigenvalue weighted by atomic mass is 10.2. The Morgan fingerprint density at radius 3 is 2.37 bits per heavy atom. The van der Waals surface area contributed by atoms with E-state index in [9.17, 15) is 9.59 Å². The number of methoxy groups -OCH3 is 2. The average molecular weight is 538 g/mol. The summed E-state index contributed by atoms with van der Waals surface area (Å²) in [5.74, 6) is 0.904. The van der Waals surface area contributed by atoms with Crippen molar-refractivity contribution < 1.29 is 28.5 Å². The molecule has 2 amide bonds. The third-order valence-electron chi connectivity index (χ3n) is 5.16. The fourth-order valence-corrected chi connectivity index (χ4v) is 3.38. The first-order valence-electron chi connectivity index (χ1n) is 11.5. The van der Waals surface area contributed by atoms with Gasteiger partial charge in [-0.05, 0) is 66.6 Å². The molecule has 198 valence electrons. The number of carbonyl (C=O) groups excluding carboxylic acids is 2. The van der Waals surface area contributed by atoms with Crippen molar-refractivity contribution in [2.45, 2.75) is 6.92 Å². The van der Waals surface area contributed by atoms with Crippen molar-refractivity contribution in [2.75, 3.05) is 32.8 Å². The molecule has 38 heavy (non-hydrogen) atoms. The number of hydrogen-bond donors (Lipinski definition) is 2. The highest BCUT2D eigenvalue weighted by molar-refractivity contribution is 6.31. The summed E-state index contributed by atoms with van der Waals surface area (Å²) in [4.78, 5) is 24.8. The number of ether oxygens (including phenoxy) is 4. The van der Waals surface area contributed by atoms with Gasteiger partial charge in [0.1, 0.15) is 6.61 Å². The van der Waals surface area contributed by atoms with E-state index in [2.05, 4.69) is 22.4 Å². The van der Waals surface area contributed by atoms with Gasteiger partial charge in [-0.2, -0.15) is 5.10 Å². The van der Waals surface area contributed by atoms with Gasteiger partial charge in [-0.15, -0.1) is 0 Å². The summed E-state index contributed by atoms with van der Waals surface area (Å²) in [6.07, 6.45) is 3.07. The second-order valence-electron chi connectivity index (χ2n) is 7.88. The van der Waals surface area contributed by atoms with Gasteiger partial charge in [-0.25, -0.2) is 5.43 Å². The number of nitrogens with one attached hydrogen (secondary N) is 2. The number of benzene rings is 3. The number of hydrazone groups is 1. The summed E-state index contributed by atoms with van der Waals surface area (Å²) in [5.41, 5.74) is 4.94. The van der Waals surface area contributed by atoms with E-state index in [1.807, 2.05) is 13.0 Å². The lowest BCUT2D eigenvalue weighted by Crippen LogP contribution is -2.20. The molecule has 0 saturated carbocycles. The van der Waals surface area contributed by atoms with E-state index in [0.717, 1.165) is 5.56 Å². The van der Waals surface area contributed by atoms with Crippen molar-refractivity contribution in [1.29, 1.82) is 0 Å². The molecule has 0 aliphatic carbocycles. The Kier molecular flexibility index (Phi) is 10.1. The monoisotopic (exact) mass is 537 g/mol. The molecule has 0 aromatic heterocycles. The van der Waals surface area contributed by atoms with E-state index in [1.54, 1.807) is 54.6 Å². The standard InChI is InChI=1S/C28H28ClN3O6/c1-5-12-37-23-11-8-20(14-26(23)36-4)28(34)32-30-16-19-7-10-24(25(13-19)35-3)38-17-27(33)31-21-9-6-18(2)22(29)15-21/h5-11,13-16H,1,12,17H2,2-4H3,(H,31,33)(H,32,34)/b30-16+. The molecule has 0 fully saturated rings. The van der Waals surface area contributed by atoms with E-state index in [0.29, 0.717) is 51.4 Å². The van der Waals surface area contributed by atoms with E-state index in [4.69, 9.17) is 30.5 Å². The predicted octanol–water partition coefficient (Wildman–Crippen LogP) is 5.01. The summed E-state index contributed by atoms with van der Waals surface area (Å²) < 4.78 is 21.8. The van der Waals surface area contributed by atoms with Gasteiger partial charge in [-0.1, -0.05) is 30.3 Å². The molecule has 0 atom stereocenters. The lowest BCUT2D eigenvalue weighted by Gasteiger charge is -2.12. The SMILES string of the molecule is C=CCOc1ccc(C(=O)N/N=C/c2ccc(OCC(=O)Nc3ccc(C)c(Cl)c3)c(OC)c2)cc1OC. The largest absolute Gasteiger partial charge is 0.493 e. The van der Waals surface area contributed by atoms with E-state index < -0.39 is 5.91 Å². The molecular formula is C28H28ClN3O6. The summed E-state index contributed by atoms with van der Waals surface area (Å²) in [5, 5.41) is 7.29. The third-order valence-corrected chi connectivity index (χ3v) is 5.57. The van der Waals surface area contributed by atoms with Gasteiger partial charge in [0.05, 0.1) is 20.4 Å². The van der Waals surface area contributed by atoms with Crippen molar-refractivity contribution in [2.24, 2.45) is 5.10 Å². The molecule has 0 spiro atoms. The average Bonchev–Trinajstić information content (AvgIpc) is 2.92. The quantitative estimate of drug-likeness (QED) is 0.191. The number of anilines is 1. The van der Waals surface area contributed by atoms with Crippen LogP contribution < -0.4 is 29.7 Å². The molecule has 2 N–H and O–H groups in total. The maximum Gasteiger partial charge on any atom is 0.271 e. The third kappa shape index (κ3) is 7.75. The van der Waals surface area contributed by atoms with Gasteiger partial charge in [0, 0.05) is 16.3 Å². The molecule has 3 aromatic carbocycles. The second-order valence-corrected chi connectivity index (χ2v) is 8.28. The van der Waals surface area contributed by atoms with Gasteiger partial charge in [0.25, 0.3) is 11.8 Å². The van der Waals surface area contributed by atoms with Crippen LogP contribution in [0.5, 0.6) is 23.0 Å². The zero-order valence-corrected chi connectivity index (χ0v) is 22.0. The van der Waals surface area contributed by atoms with Crippen LogP contribution in [0.3, 0.4) is 0 Å². The number of amides is 2. The van der Waals surface area contributed by atoms with Crippen LogP contribution in [0.15, 0.2) is 72.4 Å². The van der Waals surface area contributed by atoms with Gasteiger partial charge >= 0.3 is 0 Å². The van der Waals surface area contributed by atoms with Crippen LogP contribution >= 0.6 is 11.6 Å². The van der Waals surface area contributed by atoms with Crippen LogP contribution in [0.25, 0.3) is 0 Å². The molecule has 3 aromatic rings. The minimum absolute atomic E-state index is 0.230. The highest BCUT2D eigenvalue weighted by atomic mass is 35.5. The topological polar surface area (TPSA) is 107 Å². The van der Waals surface area contributed by atoms with Crippen LogP contribution in [-0.4, -0.2) is 45.5 Å². The molecule has 9 nitrogen and oxygen atoms in total. The van der Waals surface area contributed by atoms with E-state index >= 15 is 0 Å². The van der Waals surface area contributed by atoms with Crippen LogP contribution in [0.1, 0.15) is 21.5 Å². The molecule has 0 saturated heterocycles. The summed E-state index contributed by atoms with van der Waals surface area (Å²) in [7, 11) is 2.97. The zero-order valence-electron chi connectivity index (χ0n) is 21.2. The van der Waals surface area contributed by atoms with Crippen LogP contribution in [0.2, 0.25) is 5.02 Å². The molecule has 3 rings (SSSR count). The second kappa shape index (κ2) is 13.7. The number of aryl methyl sites for hydroxylation is 1. The summed E-state index contributed by atoms with van der Waals surface area (Å²) in [6, 6.07) is 15.1. The molecule has 0 radical (unpaired) electrons. The summed E-state index contributed by atoms with van der Waals surface area (Å²) in [6.45, 7) is 5.57. The number of rotatable bonds is 12. The Morgan fingerprint density at radius 1 is 0.947 bits per heavy atom. The molecular weight excluding hydrogens is 510 g/mol. The number of halogens is 1. The Labute approximate surface area is 226 Å². The van der Waals surface area contributed by atoms with Gasteiger partial charge < -0.3 is 24.3 Å². The maximum absolute atomic E-state index is 12.5. The fraction of sp³-hybridized carbons (Fsp3) is 0.179. The molecule has 0 bridgehead atoms. The molecule has 0 aliphatic heterocycles. The van der Waals surface area contributed by atoms with Crippen LogP contribution in [0, 0.1) is 6.92 Å². The minimum Gasteiger partial charge on any atom is -0.493 e. The molecule has 0 aliphatic rings. The van der Waals surface area contributed by atoms with E-state index in [-0.39, 0.29) is 12.5 Å². The summed E-state index contributed by atoms with van der Waals surface area (Å²) >= 11 is 6.10. The van der Waals surface area contributed by atoms with Crippen LogP contribution in [-0.2, 0) is 4.79 Å². The fourth-order valence-electron chi connectivity index (χ4n) is 3.20. The maximum atomic E-state index is 12.5. The van der Waals surface area contributed by atoms with Gasteiger partial charge in [-0.3, -0.25) is 9.59 Å². The van der Waals surface area contributed by atoms with E-state index in [1.165, 1.54) is 20.4 Å². The van der Waals surface area contributed by atoms with Gasteiger partial charge in [0.2, 0.25) is 0 Å². The van der Waals surface area contributed by atoms with Crippen molar-refractivity contribution in [3.05, 3.63) is 89.0 Å². The highest BCUT2D eigenvalue weighted by Crippen LogP contribution is 2.29. The van der Waals surface area contributed by atoms with Crippen molar-refractivity contribution in [3.63, 3.8) is 0 Å². The highest BCUT2D eigenvalue weighted by Gasteiger charge is 2.12. The Bertz CT molecular complexity index is 1340. The smallest absolute Gasteiger partial charge is 0.271 e. The van der Waals surface area contributed by atoms with Crippen LogP contribution in [0.4, 0.5) is 5.69 Å². The zero-order chi connectivity index (χ0) is 27.5. The molecule has 0 heterocycles. The lowest BCUT2D eigenvalue weighted by molar-refractivity contribution is -0.118. The first-order chi connectivity index (χ1) is 18.3. The predicted molar refractivity (Wildman–Crippen MR) is 147 cm³/mol. The Morgan fingerprint density at radius 2 is 1.66 bits per heavy atom. The number of nitrogens with zero attached hydrogens (tertiary/aromatic N) is 1. The van der Waals surface area contributed by atoms with Crippen molar-refractivity contribution in [1.82, 2.24) is 5.43 Å². The van der Waals surface area contributed by atoms with Crippen molar-refractivity contribution in [3.8, 4) is 23.0 Å². The minimum atomic E-state index is -0.428. The molecule has 10 heteroatoms. The van der Waals surface area contributed by atoms with Gasteiger partial charge in [0.15, 0.2) is 29.6 Å². The number of carbonyl (C=O) groups is 2. The molecule has 0 unspecified atom stereocenters. The normalized spacial score (nSPS) is 10.5. The van der Waals surface area contributed by atoms with Crippen molar-refractivity contribution >= 4 is 35.3 Å². The Balaban J connectivity index is 1.58. The first-order valence-corrected chi connectivity index (χ1v) is 11.8.